The van der Waals surface area contributed by atoms with Crippen LogP contribution in [-0.2, 0) is 4.74 Å². The Bertz CT molecular complexity index is 325. The molecule has 1 rings (SSSR count). The second kappa shape index (κ2) is 3.30. The highest BCUT2D eigenvalue weighted by Crippen LogP contribution is 2.64. The van der Waals surface area contributed by atoms with Crippen molar-refractivity contribution in [3.8, 4) is 0 Å². The van der Waals surface area contributed by atoms with Gasteiger partial charge >= 0.3 is 12.0 Å². The van der Waals surface area contributed by atoms with Gasteiger partial charge in [-0.05, 0) is 13.3 Å². The molecule has 0 aliphatic carbocycles. The molecule has 1 nitrogen and oxygen atoms in total. The molecular formula is C10H14F6O. The molecule has 0 N–H and O–H groups in total. The van der Waals surface area contributed by atoms with Crippen molar-refractivity contribution >= 4 is 0 Å². The lowest BCUT2D eigenvalue weighted by Crippen LogP contribution is -2.58. The molecule has 2 unspecified atom stereocenters. The number of ether oxygens (including phenoxy) is 1. The molecule has 0 aromatic carbocycles. The molecule has 17 heavy (non-hydrogen) atoms. The molecule has 1 aliphatic rings. The average molecular weight is 264 g/mol. The maximum absolute atomic E-state index is 14.3. The van der Waals surface area contributed by atoms with Gasteiger partial charge in [0.1, 0.15) is 0 Å². The Hall–Kier alpha value is -0.460. The molecule has 1 fully saturated rings. The third-order valence-corrected chi connectivity index (χ3v) is 3.58. The van der Waals surface area contributed by atoms with E-state index in [1.165, 1.54) is 6.92 Å². The van der Waals surface area contributed by atoms with Crippen LogP contribution in [0.1, 0.15) is 34.1 Å². The van der Waals surface area contributed by atoms with E-state index in [9.17, 15) is 26.3 Å². The van der Waals surface area contributed by atoms with Gasteiger partial charge in [-0.2, -0.15) is 17.6 Å². The molecule has 1 saturated heterocycles. The van der Waals surface area contributed by atoms with E-state index in [1.807, 2.05) is 0 Å². The van der Waals surface area contributed by atoms with Crippen LogP contribution in [0, 0.1) is 5.41 Å². The maximum atomic E-state index is 14.3. The number of halogens is 6. The molecule has 7 heteroatoms. The summed E-state index contributed by atoms with van der Waals surface area (Å²) in [6.45, 7) is 3.59. The molecule has 0 aromatic rings. The minimum atomic E-state index is -5.22. The SMILES string of the molecule is CCC(C)(C)C1(F)OC(F)(F)C(F)(F)C1(C)F. The van der Waals surface area contributed by atoms with Crippen LogP contribution >= 0.6 is 0 Å². The topological polar surface area (TPSA) is 9.23 Å². The second-order valence-corrected chi connectivity index (χ2v) is 5.03. The summed E-state index contributed by atoms with van der Waals surface area (Å²) >= 11 is 0. The summed E-state index contributed by atoms with van der Waals surface area (Å²) in [6.07, 6.45) is -5.31. The van der Waals surface area contributed by atoms with Gasteiger partial charge < -0.3 is 0 Å². The minimum Gasteiger partial charge on any atom is -0.274 e. The van der Waals surface area contributed by atoms with Crippen LogP contribution in [0.3, 0.4) is 0 Å². The Morgan fingerprint density at radius 3 is 1.65 bits per heavy atom. The van der Waals surface area contributed by atoms with Crippen molar-refractivity contribution in [3.05, 3.63) is 0 Å². The van der Waals surface area contributed by atoms with Crippen LogP contribution in [0.5, 0.6) is 0 Å². The molecule has 102 valence electrons. The fourth-order valence-electron chi connectivity index (χ4n) is 1.81. The van der Waals surface area contributed by atoms with Gasteiger partial charge in [-0.3, -0.25) is 4.74 Å². The number of alkyl halides is 6. The van der Waals surface area contributed by atoms with Crippen molar-refractivity contribution in [2.75, 3.05) is 0 Å². The summed E-state index contributed by atoms with van der Waals surface area (Å²) in [5.41, 5.74) is -5.93. The molecule has 0 bridgehead atoms. The Labute approximate surface area is 95.1 Å². The summed E-state index contributed by atoms with van der Waals surface area (Å²) < 4.78 is 83.9. The monoisotopic (exact) mass is 264 g/mol. The van der Waals surface area contributed by atoms with E-state index in [1.54, 1.807) is 0 Å². The summed E-state index contributed by atoms with van der Waals surface area (Å²) in [5.74, 6) is -8.98. The summed E-state index contributed by atoms with van der Waals surface area (Å²) in [7, 11) is 0. The van der Waals surface area contributed by atoms with Crippen molar-refractivity contribution in [1.82, 2.24) is 0 Å². The first kappa shape index (κ1) is 14.6. The van der Waals surface area contributed by atoms with Gasteiger partial charge in [0.2, 0.25) is 5.67 Å². The van der Waals surface area contributed by atoms with Crippen molar-refractivity contribution in [2.45, 2.75) is 57.7 Å². The fraction of sp³-hybridized carbons (Fsp3) is 1.00. The molecule has 1 heterocycles. The molecule has 0 aromatic heterocycles. The lowest BCUT2D eigenvalue weighted by molar-refractivity contribution is -0.352. The molecule has 0 radical (unpaired) electrons. The van der Waals surface area contributed by atoms with E-state index < -0.39 is 29.0 Å². The third-order valence-electron chi connectivity index (χ3n) is 3.58. The quantitative estimate of drug-likeness (QED) is 0.683. The van der Waals surface area contributed by atoms with Crippen molar-refractivity contribution in [3.63, 3.8) is 0 Å². The van der Waals surface area contributed by atoms with Crippen LogP contribution in [0.2, 0.25) is 0 Å². The van der Waals surface area contributed by atoms with Crippen LogP contribution in [0.25, 0.3) is 0 Å². The standard InChI is InChI=1S/C10H14F6O/c1-5-6(2,3)9(14)7(4,11)8(12,13)10(15,16)17-9/h5H2,1-4H3. The highest BCUT2D eigenvalue weighted by molar-refractivity contribution is 5.15. The third kappa shape index (κ3) is 1.44. The van der Waals surface area contributed by atoms with Crippen molar-refractivity contribution in [2.24, 2.45) is 5.41 Å². The normalized spacial score (nSPS) is 40.6. The zero-order chi connectivity index (χ0) is 13.9. The molecule has 0 spiro atoms. The van der Waals surface area contributed by atoms with Gasteiger partial charge in [0.15, 0.2) is 0 Å². The Balaban J connectivity index is 3.41. The fourth-order valence-corrected chi connectivity index (χ4v) is 1.81. The largest absolute Gasteiger partial charge is 0.425 e. The van der Waals surface area contributed by atoms with E-state index in [-0.39, 0.29) is 13.3 Å². The number of hydrogen-bond donors (Lipinski definition) is 0. The number of rotatable bonds is 2. The van der Waals surface area contributed by atoms with Crippen LogP contribution in [-0.4, -0.2) is 23.6 Å². The van der Waals surface area contributed by atoms with Gasteiger partial charge in [0.05, 0.1) is 0 Å². The highest BCUT2D eigenvalue weighted by atomic mass is 19.3. The van der Waals surface area contributed by atoms with Gasteiger partial charge in [-0.15, -0.1) is 0 Å². The predicted octanol–water partition coefficient (Wildman–Crippen LogP) is 4.07. The Kier molecular flexibility index (Phi) is 2.84. The van der Waals surface area contributed by atoms with E-state index in [2.05, 4.69) is 4.74 Å². The van der Waals surface area contributed by atoms with Gasteiger partial charge in [0, 0.05) is 5.41 Å². The summed E-state index contributed by atoms with van der Waals surface area (Å²) in [5, 5.41) is 0. The Morgan fingerprint density at radius 1 is 1.00 bits per heavy atom. The predicted molar refractivity (Wildman–Crippen MR) is 48.4 cm³/mol. The van der Waals surface area contributed by atoms with E-state index in [0.29, 0.717) is 0 Å². The zero-order valence-electron chi connectivity index (χ0n) is 9.88. The Morgan fingerprint density at radius 2 is 1.41 bits per heavy atom. The van der Waals surface area contributed by atoms with Gasteiger partial charge in [-0.1, -0.05) is 20.8 Å². The molecule has 0 saturated carbocycles. The van der Waals surface area contributed by atoms with Gasteiger partial charge in [-0.25, -0.2) is 8.78 Å². The first-order valence-corrected chi connectivity index (χ1v) is 5.10. The summed E-state index contributed by atoms with van der Waals surface area (Å²) in [6, 6.07) is 0. The summed E-state index contributed by atoms with van der Waals surface area (Å²) in [4.78, 5) is 0. The maximum Gasteiger partial charge on any atom is 0.425 e. The van der Waals surface area contributed by atoms with Crippen LogP contribution in [0.15, 0.2) is 0 Å². The molecule has 0 amide bonds. The van der Waals surface area contributed by atoms with Crippen LogP contribution < -0.4 is 0 Å². The van der Waals surface area contributed by atoms with Crippen LogP contribution in [0.4, 0.5) is 26.3 Å². The highest BCUT2D eigenvalue weighted by Gasteiger charge is 2.88. The molecule has 2 atom stereocenters. The zero-order valence-corrected chi connectivity index (χ0v) is 9.88. The van der Waals surface area contributed by atoms with E-state index in [0.717, 1.165) is 13.8 Å². The van der Waals surface area contributed by atoms with Gasteiger partial charge in [0.25, 0.3) is 5.85 Å². The lowest BCUT2D eigenvalue weighted by atomic mass is 9.73. The minimum absolute atomic E-state index is 0.103. The second-order valence-electron chi connectivity index (χ2n) is 5.03. The van der Waals surface area contributed by atoms with Crippen molar-refractivity contribution < 1.29 is 31.1 Å². The number of hydrogen-bond acceptors (Lipinski definition) is 1. The first-order valence-electron chi connectivity index (χ1n) is 5.10. The van der Waals surface area contributed by atoms with Crippen molar-refractivity contribution in [1.29, 1.82) is 0 Å². The van der Waals surface area contributed by atoms with E-state index in [4.69, 9.17) is 0 Å². The first-order chi connectivity index (χ1) is 7.27. The average Bonchev–Trinajstić information content (AvgIpc) is 2.24. The smallest absolute Gasteiger partial charge is 0.274 e. The van der Waals surface area contributed by atoms with E-state index >= 15 is 0 Å². The lowest BCUT2D eigenvalue weighted by Gasteiger charge is -2.41. The molecule has 1 aliphatic heterocycles. The molecular weight excluding hydrogens is 250 g/mol.